The summed E-state index contributed by atoms with van der Waals surface area (Å²) in [7, 11) is 0. The molecule has 1 aromatic rings. The van der Waals surface area contributed by atoms with E-state index in [0.717, 1.165) is 30.4 Å². The minimum absolute atomic E-state index is 0.0843. The highest BCUT2D eigenvalue weighted by atomic mass is 79.9. The summed E-state index contributed by atoms with van der Waals surface area (Å²) < 4.78 is 6.58. The van der Waals surface area contributed by atoms with Crippen molar-refractivity contribution in [3.63, 3.8) is 0 Å². The van der Waals surface area contributed by atoms with E-state index in [2.05, 4.69) is 26.6 Å². The predicted octanol–water partition coefficient (Wildman–Crippen LogP) is 3.20. The fourth-order valence-electron chi connectivity index (χ4n) is 2.09. The van der Waals surface area contributed by atoms with Gasteiger partial charge in [-0.2, -0.15) is 0 Å². The molecule has 0 radical (unpaired) electrons. The SMILES string of the molecule is O=C(CCOC1CCNCC1)Nc1cc(Br)ccc1Cl. The summed E-state index contributed by atoms with van der Waals surface area (Å²) in [6.07, 6.45) is 2.64. The molecule has 0 unspecified atom stereocenters. The van der Waals surface area contributed by atoms with Gasteiger partial charge >= 0.3 is 0 Å². The van der Waals surface area contributed by atoms with E-state index in [-0.39, 0.29) is 12.0 Å². The molecular formula is C14H18BrClN2O2. The molecule has 2 N–H and O–H groups in total. The van der Waals surface area contributed by atoms with E-state index in [9.17, 15) is 4.79 Å². The summed E-state index contributed by atoms with van der Waals surface area (Å²) >= 11 is 9.37. The van der Waals surface area contributed by atoms with Crippen LogP contribution in [0, 0.1) is 0 Å². The van der Waals surface area contributed by atoms with E-state index >= 15 is 0 Å². The molecule has 6 heteroatoms. The van der Waals surface area contributed by atoms with Gasteiger partial charge in [-0.05, 0) is 44.1 Å². The number of piperidine rings is 1. The highest BCUT2D eigenvalue weighted by Crippen LogP contribution is 2.25. The number of rotatable bonds is 5. The smallest absolute Gasteiger partial charge is 0.226 e. The number of anilines is 1. The molecule has 20 heavy (non-hydrogen) atoms. The topological polar surface area (TPSA) is 50.4 Å². The molecule has 1 aliphatic heterocycles. The van der Waals surface area contributed by atoms with Gasteiger partial charge in [0.1, 0.15) is 0 Å². The zero-order chi connectivity index (χ0) is 14.4. The fraction of sp³-hybridized carbons (Fsp3) is 0.500. The van der Waals surface area contributed by atoms with Gasteiger partial charge in [0.15, 0.2) is 0 Å². The zero-order valence-electron chi connectivity index (χ0n) is 11.1. The summed E-state index contributed by atoms with van der Waals surface area (Å²) in [5.41, 5.74) is 0.618. The van der Waals surface area contributed by atoms with Crippen LogP contribution in [0.3, 0.4) is 0 Å². The summed E-state index contributed by atoms with van der Waals surface area (Å²) in [4.78, 5) is 11.8. The van der Waals surface area contributed by atoms with E-state index < -0.39 is 0 Å². The van der Waals surface area contributed by atoms with Crippen molar-refractivity contribution in [1.82, 2.24) is 5.32 Å². The van der Waals surface area contributed by atoms with Crippen LogP contribution in [0.1, 0.15) is 19.3 Å². The lowest BCUT2D eigenvalue weighted by Gasteiger charge is -2.22. The number of hydrogen-bond acceptors (Lipinski definition) is 3. The van der Waals surface area contributed by atoms with Crippen molar-refractivity contribution in [1.29, 1.82) is 0 Å². The van der Waals surface area contributed by atoms with Crippen molar-refractivity contribution in [3.8, 4) is 0 Å². The van der Waals surface area contributed by atoms with Crippen LogP contribution in [0.15, 0.2) is 22.7 Å². The minimum atomic E-state index is -0.0843. The Morgan fingerprint density at radius 1 is 1.45 bits per heavy atom. The van der Waals surface area contributed by atoms with Gasteiger partial charge in [0.25, 0.3) is 0 Å². The lowest BCUT2D eigenvalue weighted by molar-refractivity contribution is -0.117. The normalized spacial score (nSPS) is 16.1. The van der Waals surface area contributed by atoms with Gasteiger partial charge in [-0.25, -0.2) is 0 Å². The van der Waals surface area contributed by atoms with Crippen LogP contribution in [-0.4, -0.2) is 31.7 Å². The highest BCUT2D eigenvalue weighted by Gasteiger charge is 2.14. The van der Waals surface area contributed by atoms with Crippen LogP contribution in [0.2, 0.25) is 5.02 Å². The molecule has 0 bridgehead atoms. The minimum Gasteiger partial charge on any atom is -0.378 e. The quantitative estimate of drug-likeness (QED) is 0.847. The Balaban J connectivity index is 1.73. The second kappa shape index (κ2) is 7.98. The van der Waals surface area contributed by atoms with Crippen LogP contribution in [-0.2, 0) is 9.53 Å². The summed E-state index contributed by atoms with van der Waals surface area (Å²) in [6.45, 7) is 2.43. The Morgan fingerprint density at radius 3 is 2.95 bits per heavy atom. The Bertz CT molecular complexity index is 464. The third-order valence-electron chi connectivity index (χ3n) is 3.17. The molecule has 2 rings (SSSR count). The average molecular weight is 362 g/mol. The zero-order valence-corrected chi connectivity index (χ0v) is 13.5. The summed E-state index contributed by atoms with van der Waals surface area (Å²) in [5, 5.41) is 6.60. The largest absolute Gasteiger partial charge is 0.378 e. The first-order valence-corrected chi connectivity index (χ1v) is 7.89. The van der Waals surface area contributed by atoms with Gasteiger partial charge in [-0.3, -0.25) is 4.79 Å². The second-order valence-electron chi connectivity index (χ2n) is 4.74. The summed E-state index contributed by atoms with van der Waals surface area (Å²) in [5.74, 6) is -0.0843. The van der Waals surface area contributed by atoms with E-state index in [1.165, 1.54) is 0 Å². The van der Waals surface area contributed by atoms with Gasteiger partial charge in [0.2, 0.25) is 5.91 Å². The Kier molecular flexibility index (Phi) is 6.29. The van der Waals surface area contributed by atoms with Gasteiger partial charge in [-0.1, -0.05) is 27.5 Å². The van der Waals surface area contributed by atoms with E-state index in [1.54, 1.807) is 12.1 Å². The van der Waals surface area contributed by atoms with Gasteiger partial charge in [0, 0.05) is 4.47 Å². The number of benzene rings is 1. The maximum Gasteiger partial charge on any atom is 0.226 e. The number of ether oxygens (including phenoxy) is 1. The highest BCUT2D eigenvalue weighted by molar-refractivity contribution is 9.10. The van der Waals surface area contributed by atoms with Crippen LogP contribution < -0.4 is 10.6 Å². The molecule has 1 heterocycles. The number of carbonyl (C=O) groups excluding carboxylic acids is 1. The first kappa shape index (κ1) is 15.8. The molecule has 0 spiro atoms. The third-order valence-corrected chi connectivity index (χ3v) is 3.99. The fourth-order valence-corrected chi connectivity index (χ4v) is 2.61. The first-order chi connectivity index (χ1) is 9.65. The van der Waals surface area contributed by atoms with Crippen molar-refractivity contribution >= 4 is 39.1 Å². The van der Waals surface area contributed by atoms with Crippen molar-refractivity contribution in [3.05, 3.63) is 27.7 Å². The molecule has 0 aromatic heterocycles. The van der Waals surface area contributed by atoms with E-state index in [4.69, 9.17) is 16.3 Å². The molecule has 1 aromatic carbocycles. The average Bonchev–Trinajstić information content (AvgIpc) is 2.44. The van der Waals surface area contributed by atoms with Gasteiger partial charge in [0.05, 0.1) is 29.8 Å². The van der Waals surface area contributed by atoms with E-state index in [1.807, 2.05) is 6.07 Å². The van der Waals surface area contributed by atoms with Crippen molar-refractivity contribution in [2.45, 2.75) is 25.4 Å². The molecular weight excluding hydrogens is 344 g/mol. The second-order valence-corrected chi connectivity index (χ2v) is 6.07. The standard InChI is InChI=1S/C14H18BrClN2O2/c15-10-1-2-12(16)13(9-10)18-14(19)5-8-20-11-3-6-17-7-4-11/h1-2,9,11,17H,3-8H2,(H,18,19). The molecule has 1 amide bonds. The summed E-state index contributed by atoms with van der Waals surface area (Å²) in [6, 6.07) is 5.36. The molecule has 0 aliphatic carbocycles. The van der Waals surface area contributed by atoms with Crippen molar-refractivity contribution < 1.29 is 9.53 Å². The Hall–Kier alpha value is -0.620. The number of halogens is 2. The predicted molar refractivity (Wildman–Crippen MR) is 84.2 cm³/mol. The molecule has 1 aliphatic rings. The molecule has 4 nitrogen and oxygen atoms in total. The van der Waals surface area contributed by atoms with Crippen LogP contribution >= 0.6 is 27.5 Å². The number of nitrogens with one attached hydrogen (secondary N) is 2. The lowest BCUT2D eigenvalue weighted by Crippen LogP contribution is -2.33. The monoisotopic (exact) mass is 360 g/mol. The Morgan fingerprint density at radius 2 is 2.20 bits per heavy atom. The molecule has 110 valence electrons. The molecule has 0 saturated carbocycles. The van der Waals surface area contributed by atoms with Gasteiger partial charge in [-0.15, -0.1) is 0 Å². The van der Waals surface area contributed by atoms with Crippen molar-refractivity contribution in [2.24, 2.45) is 0 Å². The van der Waals surface area contributed by atoms with E-state index in [0.29, 0.717) is 23.7 Å². The Labute approximate surface area is 132 Å². The maximum absolute atomic E-state index is 11.8. The molecule has 0 atom stereocenters. The van der Waals surface area contributed by atoms with Crippen LogP contribution in [0.5, 0.6) is 0 Å². The third kappa shape index (κ3) is 5.05. The number of hydrogen-bond donors (Lipinski definition) is 2. The first-order valence-electron chi connectivity index (χ1n) is 6.72. The van der Waals surface area contributed by atoms with Crippen LogP contribution in [0.4, 0.5) is 5.69 Å². The lowest BCUT2D eigenvalue weighted by atomic mass is 10.1. The molecule has 1 saturated heterocycles. The number of amides is 1. The molecule has 1 fully saturated rings. The maximum atomic E-state index is 11.8. The number of carbonyl (C=O) groups is 1. The van der Waals surface area contributed by atoms with Gasteiger partial charge < -0.3 is 15.4 Å². The van der Waals surface area contributed by atoms with Crippen LogP contribution in [0.25, 0.3) is 0 Å². The van der Waals surface area contributed by atoms with Crippen molar-refractivity contribution in [2.75, 3.05) is 25.0 Å².